The maximum absolute atomic E-state index is 10.8. The minimum absolute atomic E-state index is 0.0389. The fourth-order valence-electron chi connectivity index (χ4n) is 1.50. The average molecular weight is 283 g/mol. The largest absolute Gasteiger partial charge is 0.362 e. The highest BCUT2D eigenvalue weighted by Gasteiger charge is 2.16. The Hall–Kier alpha value is -2.22. The fourth-order valence-corrected chi connectivity index (χ4v) is 1.63. The highest BCUT2D eigenvalue weighted by molar-refractivity contribution is 6.28. The lowest BCUT2D eigenvalue weighted by Gasteiger charge is -2.06. The Kier molecular flexibility index (Phi) is 3.91. The summed E-state index contributed by atoms with van der Waals surface area (Å²) in [6.45, 7) is 2.94. The van der Waals surface area contributed by atoms with Crippen molar-refractivity contribution in [3.05, 3.63) is 39.6 Å². The molecule has 2 aromatic rings. The molecule has 0 aromatic carbocycles. The molecule has 0 unspecified atom stereocenters. The lowest BCUT2D eigenvalue weighted by molar-refractivity contribution is -0.384. The van der Waals surface area contributed by atoms with Crippen molar-refractivity contribution in [2.75, 3.05) is 11.9 Å². The molecule has 0 radical (unpaired) electrons. The van der Waals surface area contributed by atoms with Crippen molar-refractivity contribution in [1.29, 1.82) is 0 Å². The second-order valence-corrected chi connectivity index (χ2v) is 4.18. The first-order valence-electron chi connectivity index (χ1n) is 5.46. The van der Waals surface area contributed by atoms with Crippen LogP contribution in [0.5, 0.6) is 0 Å². The third-order valence-electron chi connectivity index (χ3n) is 2.33. The van der Waals surface area contributed by atoms with E-state index in [1.54, 1.807) is 10.9 Å². The zero-order chi connectivity index (χ0) is 13.8. The van der Waals surface area contributed by atoms with Crippen LogP contribution in [0.1, 0.15) is 5.56 Å². The summed E-state index contributed by atoms with van der Waals surface area (Å²) in [5, 5.41) is 17.7. The molecule has 0 amide bonds. The molecule has 0 saturated carbocycles. The summed E-state index contributed by atoms with van der Waals surface area (Å²) in [6, 6.07) is 0. The Morgan fingerprint density at radius 2 is 2.32 bits per heavy atom. The highest BCUT2D eigenvalue weighted by atomic mass is 35.5. The third kappa shape index (κ3) is 3.38. The van der Waals surface area contributed by atoms with Gasteiger partial charge in [-0.05, 0) is 24.1 Å². The van der Waals surface area contributed by atoms with E-state index in [9.17, 15) is 10.1 Å². The number of halogens is 1. The van der Waals surface area contributed by atoms with Crippen LogP contribution in [-0.2, 0) is 6.54 Å². The summed E-state index contributed by atoms with van der Waals surface area (Å²) >= 11 is 5.62. The second kappa shape index (κ2) is 5.61. The van der Waals surface area contributed by atoms with E-state index >= 15 is 0 Å². The number of nitrogens with one attached hydrogen (secondary N) is 1. The Morgan fingerprint density at radius 1 is 1.53 bits per heavy atom. The van der Waals surface area contributed by atoms with Crippen molar-refractivity contribution < 1.29 is 4.92 Å². The van der Waals surface area contributed by atoms with Gasteiger partial charge < -0.3 is 5.32 Å². The molecule has 2 aromatic heterocycles. The summed E-state index contributed by atoms with van der Waals surface area (Å²) in [5.74, 6) is 0.105. The molecule has 0 fully saturated rings. The molecule has 8 nitrogen and oxygen atoms in total. The van der Waals surface area contributed by atoms with Crippen LogP contribution >= 0.6 is 11.6 Å². The van der Waals surface area contributed by atoms with Gasteiger partial charge in [0.05, 0.1) is 17.7 Å². The van der Waals surface area contributed by atoms with E-state index in [1.807, 2.05) is 13.1 Å². The van der Waals surface area contributed by atoms with E-state index < -0.39 is 4.92 Å². The maximum Gasteiger partial charge on any atom is 0.329 e. The number of aryl methyl sites for hydroxylation is 1. The van der Waals surface area contributed by atoms with E-state index in [1.165, 1.54) is 0 Å². The van der Waals surface area contributed by atoms with Gasteiger partial charge in [0, 0.05) is 12.7 Å². The predicted octanol–water partition coefficient (Wildman–Crippen LogP) is 1.66. The minimum Gasteiger partial charge on any atom is -0.362 e. The SMILES string of the molecule is Cc1cnn(CCNc2nc(Cl)ncc2[N+](=O)[O-])c1. The molecule has 19 heavy (non-hydrogen) atoms. The minimum atomic E-state index is -0.559. The van der Waals surface area contributed by atoms with Gasteiger partial charge >= 0.3 is 5.69 Å². The number of nitro groups is 1. The maximum atomic E-state index is 10.8. The van der Waals surface area contributed by atoms with Crippen LogP contribution in [-0.4, -0.2) is 31.2 Å². The van der Waals surface area contributed by atoms with Crippen molar-refractivity contribution >= 4 is 23.1 Å². The predicted molar refractivity (Wildman–Crippen MR) is 69.2 cm³/mol. The molecule has 2 rings (SSSR count). The van der Waals surface area contributed by atoms with E-state index in [0.29, 0.717) is 13.1 Å². The lowest BCUT2D eigenvalue weighted by atomic mass is 10.4. The first kappa shape index (κ1) is 13.2. The van der Waals surface area contributed by atoms with Crippen LogP contribution in [0.25, 0.3) is 0 Å². The molecular weight excluding hydrogens is 272 g/mol. The van der Waals surface area contributed by atoms with Crippen LogP contribution in [0, 0.1) is 17.0 Å². The normalized spacial score (nSPS) is 10.4. The van der Waals surface area contributed by atoms with Crippen molar-refractivity contribution in [3.63, 3.8) is 0 Å². The van der Waals surface area contributed by atoms with E-state index in [4.69, 9.17) is 11.6 Å². The summed E-state index contributed by atoms with van der Waals surface area (Å²) < 4.78 is 1.73. The van der Waals surface area contributed by atoms with Crippen molar-refractivity contribution in [1.82, 2.24) is 19.7 Å². The molecule has 0 spiro atoms. The fraction of sp³-hybridized carbons (Fsp3) is 0.300. The molecule has 2 heterocycles. The number of hydrogen-bond acceptors (Lipinski definition) is 6. The number of hydrogen-bond donors (Lipinski definition) is 1. The van der Waals surface area contributed by atoms with Gasteiger partial charge in [-0.15, -0.1) is 0 Å². The molecule has 1 N–H and O–H groups in total. The molecular formula is C10H11ClN6O2. The highest BCUT2D eigenvalue weighted by Crippen LogP contribution is 2.21. The van der Waals surface area contributed by atoms with Gasteiger partial charge in [0.2, 0.25) is 11.1 Å². The van der Waals surface area contributed by atoms with Crippen LogP contribution in [0.2, 0.25) is 5.28 Å². The molecule has 9 heteroatoms. The van der Waals surface area contributed by atoms with Crippen molar-refractivity contribution in [2.24, 2.45) is 0 Å². The first-order chi connectivity index (χ1) is 9.06. The van der Waals surface area contributed by atoms with Gasteiger partial charge in [0.1, 0.15) is 6.20 Å². The van der Waals surface area contributed by atoms with E-state index in [-0.39, 0.29) is 16.8 Å². The Labute approximate surface area is 113 Å². The van der Waals surface area contributed by atoms with E-state index in [0.717, 1.165) is 11.8 Å². The van der Waals surface area contributed by atoms with Gasteiger partial charge in [-0.25, -0.2) is 4.98 Å². The van der Waals surface area contributed by atoms with Gasteiger partial charge in [-0.1, -0.05) is 0 Å². The van der Waals surface area contributed by atoms with Gasteiger partial charge in [0.15, 0.2) is 0 Å². The van der Waals surface area contributed by atoms with Crippen LogP contribution in [0.15, 0.2) is 18.6 Å². The molecule has 0 bridgehead atoms. The van der Waals surface area contributed by atoms with Crippen molar-refractivity contribution in [3.8, 4) is 0 Å². The smallest absolute Gasteiger partial charge is 0.329 e. The molecule has 0 aliphatic heterocycles. The number of rotatable bonds is 5. The van der Waals surface area contributed by atoms with Gasteiger partial charge in [0.25, 0.3) is 0 Å². The zero-order valence-corrected chi connectivity index (χ0v) is 10.8. The van der Waals surface area contributed by atoms with Crippen LogP contribution in [0.4, 0.5) is 11.5 Å². The Bertz CT molecular complexity index is 599. The number of nitrogens with zero attached hydrogens (tertiary/aromatic N) is 5. The lowest BCUT2D eigenvalue weighted by Crippen LogP contribution is -2.13. The second-order valence-electron chi connectivity index (χ2n) is 3.84. The Morgan fingerprint density at radius 3 is 2.95 bits per heavy atom. The zero-order valence-electron chi connectivity index (χ0n) is 10.1. The van der Waals surface area contributed by atoms with Gasteiger partial charge in [-0.2, -0.15) is 10.1 Å². The average Bonchev–Trinajstić information content (AvgIpc) is 2.75. The van der Waals surface area contributed by atoms with Crippen LogP contribution < -0.4 is 5.32 Å². The molecule has 0 aliphatic rings. The van der Waals surface area contributed by atoms with Crippen LogP contribution in [0.3, 0.4) is 0 Å². The van der Waals surface area contributed by atoms with E-state index in [2.05, 4.69) is 20.4 Å². The molecule has 100 valence electrons. The summed E-state index contributed by atoms with van der Waals surface area (Å²) in [5.41, 5.74) is 0.845. The topological polar surface area (TPSA) is 98.8 Å². The quantitative estimate of drug-likeness (QED) is 0.508. The molecule has 0 atom stereocenters. The monoisotopic (exact) mass is 282 g/mol. The Balaban J connectivity index is 2.02. The standard InChI is InChI=1S/C10H11ClN6O2/c1-7-4-14-16(6-7)3-2-12-9-8(17(18)19)5-13-10(11)15-9/h4-6H,2-3H2,1H3,(H,12,13,15). The summed E-state index contributed by atoms with van der Waals surface area (Å²) in [7, 11) is 0. The summed E-state index contributed by atoms with van der Waals surface area (Å²) in [6.07, 6.45) is 4.70. The molecule has 0 aliphatic carbocycles. The first-order valence-corrected chi connectivity index (χ1v) is 5.84. The third-order valence-corrected chi connectivity index (χ3v) is 2.51. The van der Waals surface area contributed by atoms with Gasteiger partial charge in [-0.3, -0.25) is 14.8 Å². The number of anilines is 1. The van der Waals surface area contributed by atoms with Crippen molar-refractivity contribution in [2.45, 2.75) is 13.5 Å². The summed E-state index contributed by atoms with van der Waals surface area (Å²) in [4.78, 5) is 17.6. The number of aromatic nitrogens is 4. The molecule has 0 saturated heterocycles.